The van der Waals surface area contributed by atoms with E-state index in [0.29, 0.717) is 22.9 Å². The van der Waals surface area contributed by atoms with Crippen LogP contribution in [0.25, 0.3) is 0 Å². The molecule has 0 aliphatic carbocycles. The molecule has 0 spiro atoms. The van der Waals surface area contributed by atoms with Crippen LogP contribution in [0.3, 0.4) is 0 Å². The van der Waals surface area contributed by atoms with Crippen molar-refractivity contribution >= 4 is 35.2 Å². The van der Waals surface area contributed by atoms with E-state index in [2.05, 4.69) is 5.32 Å². The average Bonchev–Trinajstić information content (AvgIpc) is 2.48. The summed E-state index contributed by atoms with van der Waals surface area (Å²) >= 11 is 7.57. The molecule has 22 heavy (non-hydrogen) atoms. The van der Waals surface area contributed by atoms with Gasteiger partial charge in [-0.25, -0.2) is 4.79 Å². The van der Waals surface area contributed by atoms with Gasteiger partial charge < -0.3 is 15.2 Å². The monoisotopic (exact) mass is 345 g/mol. The standard InChI is InChI=1S/C15H20ClNO4S/c1-2-22-10-8-12(15(19)20)17-14(18)7-9-21-13-6-4-3-5-11(13)16/h3-6,12H,2,7-10H2,1H3,(H,17,18)(H,19,20). The van der Waals surface area contributed by atoms with E-state index < -0.39 is 12.0 Å². The fraction of sp³-hybridized carbons (Fsp3) is 0.467. The van der Waals surface area contributed by atoms with Crippen LogP contribution in [0.2, 0.25) is 5.02 Å². The number of para-hydroxylation sites is 1. The van der Waals surface area contributed by atoms with Gasteiger partial charge in [0.2, 0.25) is 5.91 Å². The molecule has 122 valence electrons. The Labute approximate surface area is 139 Å². The van der Waals surface area contributed by atoms with Crippen LogP contribution in [0.4, 0.5) is 0 Å². The second-order valence-electron chi connectivity index (χ2n) is 4.47. The highest BCUT2D eigenvalue weighted by atomic mass is 35.5. The molecule has 0 aromatic heterocycles. The highest BCUT2D eigenvalue weighted by Crippen LogP contribution is 2.23. The van der Waals surface area contributed by atoms with Crippen LogP contribution in [0.5, 0.6) is 5.75 Å². The van der Waals surface area contributed by atoms with Crippen molar-refractivity contribution in [3.63, 3.8) is 0 Å². The van der Waals surface area contributed by atoms with E-state index in [1.165, 1.54) is 0 Å². The van der Waals surface area contributed by atoms with Gasteiger partial charge in [0.1, 0.15) is 11.8 Å². The summed E-state index contributed by atoms with van der Waals surface area (Å²) in [6, 6.07) is 6.12. The molecule has 1 amide bonds. The molecular formula is C15H20ClNO4S. The number of hydrogen-bond acceptors (Lipinski definition) is 4. The number of carboxylic acid groups (broad SMARTS) is 1. The van der Waals surface area contributed by atoms with Crippen molar-refractivity contribution in [1.29, 1.82) is 0 Å². The highest BCUT2D eigenvalue weighted by molar-refractivity contribution is 7.99. The lowest BCUT2D eigenvalue weighted by molar-refractivity contribution is -0.141. The Kier molecular flexibility index (Phi) is 8.77. The Hall–Kier alpha value is -1.40. The number of carbonyl (C=O) groups excluding carboxylic acids is 1. The first-order valence-corrected chi connectivity index (χ1v) is 8.55. The fourth-order valence-corrected chi connectivity index (χ4v) is 2.57. The first-order valence-electron chi connectivity index (χ1n) is 7.01. The number of halogens is 1. The van der Waals surface area contributed by atoms with Gasteiger partial charge >= 0.3 is 5.97 Å². The summed E-state index contributed by atoms with van der Waals surface area (Å²) in [6.07, 6.45) is 0.487. The van der Waals surface area contributed by atoms with Gasteiger partial charge in [-0.2, -0.15) is 11.8 Å². The first kappa shape index (κ1) is 18.6. The van der Waals surface area contributed by atoms with E-state index in [-0.39, 0.29) is 18.9 Å². The number of amides is 1. The van der Waals surface area contributed by atoms with Crippen molar-refractivity contribution in [1.82, 2.24) is 5.32 Å². The van der Waals surface area contributed by atoms with Gasteiger partial charge in [-0.1, -0.05) is 30.7 Å². The topological polar surface area (TPSA) is 75.6 Å². The normalized spacial score (nSPS) is 11.7. The molecule has 0 aliphatic heterocycles. The second kappa shape index (κ2) is 10.3. The lowest BCUT2D eigenvalue weighted by Gasteiger charge is -2.14. The predicted molar refractivity (Wildman–Crippen MR) is 88.7 cm³/mol. The maximum Gasteiger partial charge on any atom is 0.326 e. The Morgan fingerprint density at radius 1 is 1.41 bits per heavy atom. The smallest absolute Gasteiger partial charge is 0.326 e. The number of hydrogen-bond donors (Lipinski definition) is 2. The van der Waals surface area contributed by atoms with E-state index >= 15 is 0 Å². The quantitative estimate of drug-likeness (QED) is 0.638. The molecule has 0 radical (unpaired) electrons. The highest BCUT2D eigenvalue weighted by Gasteiger charge is 2.19. The lowest BCUT2D eigenvalue weighted by atomic mass is 10.2. The summed E-state index contributed by atoms with van der Waals surface area (Å²) in [7, 11) is 0. The third-order valence-corrected chi connectivity index (χ3v) is 4.06. The van der Waals surface area contributed by atoms with Crippen LogP contribution in [0.15, 0.2) is 24.3 Å². The van der Waals surface area contributed by atoms with Crippen molar-refractivity contribution in [2.24, 2.45) is 0 Å². The molecule has 7 heteroatoms. The van der Waals surface area contributed by atoms with Crippen LogP contribution in [-0.4, -0.2) is 41.1 Å². The van der Waals surface area contributed by atoms with Gasteiger partial charge in [0.25, 0.3) is 0 Å². The van der Waals surface area contributed by atoms with Gasteiger partial charge in [0.15, 0.2) is 0 Å². The van der Waals surface area contributed by atoms with Crippen LogP contribution >= 0.6 is 23.4 Å². The Balaban J connectivity index is 2.34. The molecule has 0 fully saturated rings. The van der Waals surface area contributed by atoms with E-state index in [9.17, 15) is 9.59 Å². The molecule has 0 saturated carbocycles. The Morgan fingerprint density at radius 3 is 2.77 bits per heavy atom. The molecule has 1 aromatic carbocycles. The molecule has 0 bridgehead atoms. The number of thioether (sulfide) groups is 1. The minimum Gasteiger partial charge on any atom is -0.491 e. The number of carboxylic acids is 1. The number of carbonyl (C=O) groups is 2. The van der Waals surface area contributed by atoms with E-state index in [1.807, 2.05) is 6.92 Å². The summed E-state index contributed by atoms with van der Waals surface area (Å²) < 4.78 is 5.40. The molecule has 2 N–H and O–H groups in total. The molecule has 5 nitrogen and oxygen atoms in total. The molecule has 0 saturated heterocycles. The lowest BCUT2D eigenvalue weighted by Crippen LogP contribution is -2.41. The van der Waals surface area contributed by atoms with Crippen molar-refractivity contribution in [2.45, 2.75) is 25.8 Å². The number of aliphatic carboxylic acids is 1. The average molecular weight is 346 g/mol. The van der Waals surface area contributed by atoms with Crippen LogP contribution < -0.4 is 10.1 Å². The molecule has 1 aromatic rings. The van der Waals surface area contributed by atoms with Gasteiger partial charge in [-0.3, -0.25) is 4.79 Å². The first-order chi connectivity index (χ1) is 10.5. The third-order valence-electron chi connectivity index (χ3n) is 2.81. The molecular weight excluding hydrogens is 326 g/mol. The van der Waals surface area contributed by atoms with E-state index in [0.717, 1.165) is 5.75 Å². The van der Waals surface area contributed by atoms with Gasteiger partial charge in [0, 0.05) is 0 Å². The molecule has 1 atom stereocenters. The van der Waals surface area contributed by atoms with E-state index in [1.54, 1.807) is 36.0 Å². The Bertz CT molecular complexity index is 498. The van der Waals surface area contributed by atoms with Crippen LogP contribution in [0, 0.1) is 0 Å². The van der Waals surface area contributed by atoms with Gasteiger partial charge in [-0.15, -0.1) is 0 Å². The molecule has 1 rings (SSSR count). The van der Waals surface area contributed by atoms with Crippen LogP contribution in [-0.2, 0) is 9.59 Å². The maximum atomic E-state index is 11.8. The summed E-state index contributed by atoms with van der Waals surface area (Å²) in [5.41, 5.74) is 0. The van der Waals surface area contributed by atoms with Gasteiger partial charge in [-0.05, 0) is 30.1 Å². The van der Waals surface area contributed by atoms with Crippen molar-refractivity contribution in [2.75, 3.05) is 18.1 Å². The van der Waals surface area contributed by atoms with Crippen molar-refractivity contribution in [3.05, 3.63) is 29.3 Å². The maximum absolute atomic E-state index is 11.8. The van der Waals surface area contributed by atoms with Crippen molar-refractivity contribution < 1.29 is 19.4 Å². The number of ether oxygens (including phenoxy) is 1. The zero-order valence-electron chi connectivity index (χ0n) is 12.4. The second-order valence-corrected chi connectivity index (χ2v) is 6.27. The fourth-order valence-electron chi connectivity index (χ4n) is 1.68. The SMILES string of the molecule is CCSCCC(NC(=O)CCOc1ccccc1Cl)C(=O)O. The molecule has 0 heterocycles. The van der Waals surface area contributed by atoms with E-state index in [4.69, 9.17) is 21.4 Å². The third kappa shape index (κ3) is 7.04. The summed E-state index contributed by atoms with van der Waals surface area (Å²) in [5.74, 6) is 0.764. The minimum atomic E-state index is -1.02. The number of benzene rings is 1. The minimum absolute atomic E-state index is 0.0793. The number of nitrogens with one attached hydrogen (secondary N) is 1. The zero-order chi connectivity index (χ0) is 16.4. The predicted octanol–water partition coefficient (Wildman–Crippen LogP) is 2.82. The van der Waals surface area contributed by atoms with Gasteiger partial charge in [0.05, 0.1) is 18.1 Å². The Morgan fingerprint density at radius 2 is 2.14 bits per heavy atom. The summed E-state index contributed by atoms with van der Waals surface area (Å²) in [6.45, 7) is 2.15. The number of rotatable bonds is 10. The largest absolute Gasteiger partial charge is 0.491 e. The van der Waals surface area contributed by atoms with Crippen molar-refractivity contribution in [3.8, 4) is 5.75 Å². The zero-order valence-corrected chi connectivity index (χ0v) is 14.0. The summed E-state index contributed by atoms with van der Waals surface area (Å²) in [4.78, 5) is 22.9. The molecule has 0 aliphatic rings. The molecule has 1 unspecified atom stereocenters. The van der Waals surface area contributed by atoms with Crippen LogP contribution in [0.1, 0.15) is 19.8 Å². The summed E-state index contributed by atoms with van der Waals surface area (Å²) in [5, 5.41) is 12.1.